The van der Waals surface area contributed by atoms with E-state index in [0.717, 1.165) is 24.3 Å². The largest absolute Gasteiger partial charge is 0.456 e. The van der Waals surface area contributed by atoms with Crippen LogP contribution in [0.4, 0.5) is 30.2 Å². The second kappa shape index (κ2) is 10.2. The zero-order valence-electron chi connectivity index (χ0n) is 15.8. The number of rotatable bonds is 8. The maximum absolute atomic E-state index is 12.9. The molecule has 0 unspecified atom stereocenters. The fraction of sp³-hybridized carbons (Fsp3) is 0.211. The first-order valence-electron chi connectivity index (χ1n) is 8.72. The topological polar surface area (TPSA) is 128 Å². The number of anilines is 2. The third-order valence-electron chi connectivity index (χ3n) is 3.77. The number of ether oxygens (including phenoxy) is 1. The average Bonchev–Trinajstić information content (AvgIpc) is 2.70. The number of alkyl halides is 3. The number of nitrogens with zero attached hydrogens (tertiary/aromatic N) is 1. The SMILES string of the molecule is O=C(CCC(=O)OCC(=O)Nc1ccccc1C(F)(F)F)Nc1cccc([N+](=O)[O-])c1. The molecule has 0 fully saturated rings. The summed E-state index contributed by atoms with van der Waals surface area (Å²) in [6.45, 7) is -0.836. The third kappa shape index (κ3) is 7.42. The first kappa shape index (κ1) is 23.3. The Morgan fingerprint density at radius 1 is 0.968 bits per heavy atom. The van der Waals surface area contributed by atoms with Crippen LogP contribution >= 0.6 is 0 Å². The van der Waals surface area contributed by atoms with Crippen molar-refractivity contribution in [1.82, 2.24) is 0 Å². The number of nitro benzene ring substituents is 1. The number of esters is 1. The smallest absolute Gasteiger partial charge is 0.418 e. The average molecular weight is 439 g/mol. The number of benzene rings is 2. The van der Waals surface area contributed by atoms with Crippen LogP contribution in [-0.2, 0) is 25.3 Å². The number of nitro groups is 1. The van der Waals surface area contributed by atoms with Gasteiger partial charge in [-0.1, -0.05) is 18.2 Å². The van der Waals surface area contributed by atoms with Gasteiger partial charge in [0, 0.05) is 24.2 Å². The fourth-order valence-electron chi connectivity index (χ4n) is 2.38. The Labute approximate surface area is 173 Å². The summed E-state index contributed by atoms with van der Waals surface area (Å²) < 4.78 is 43.3. The van der Waals surface area contributed by atoms with Crippen LogP contribution in [0.15, 0.2) is 48.5 Å². The van der Waals surface area contributed by atoms with Crippen molar-refractivity contribution in [2.75, 3.05) is 17.2 Å². The van der Waals surface area contributed by atoms with Gasteiger partial charge >= 0.3 is 12.1 Å². The van der Waals surface area contributed by atoms with Gasteiger partial charge in [0.25, 0.3) is 11.6 Å². The normalized spacial score (nSPS) is 10.8. The van der Waals surface area contributed by atoms with E-state index in [-0.39, 0.29) is 17.8 Å². The lowest BCUT2D eigenvalue weighted by molar-refractivity contribution is -0.384. The monoisotopic (exact) mass is 439 g/mol. The molecule has 164 valence electrons. The Bertz CT molecular complexity index is 994. The van der Waals surface area contributed by atoms with Crippen molar-refractivity contribution in [2.45, 2.75) is 19.0 Å². The van der Waals surface area contributed by atoms with Gasteiger partial charge in [0.15, 0.2) is 6.61 Å². The molecule has 0 atom stereocenters. The van der Waals surface area contributed by atoms with Crippen molar-refractivity contribution in [1.29, 1.82) is 0 Å². The first-order chi connectivity index (χ1) is 14.6. The van der Waals surface area contributed by atoms with Crippen LogP contribution in [0, 0.1) is 10.1 Å². The molecule has 9 nitrogen and oxygen atoms in total. The summed E-state index contributed by atoms with van der Waals surface area (Å²) in [5.74, 6) is -2.53. The minimum atomic E-state index is -4.67. The highest BCUT2D eigenvalue weighted by molar-refractivity contribution is 5.95. The second-order valence-electron chi connectivity index (χ2n) is 6.11. The molecule has 0 aliphatic heterocycles. The van der Waals surface area contributed by atoms with E-state index in [1.54, 1.807) is 0 Å². The van der Waals surface area contributed by atoms with Crippen LogP contribution < -0.4 is 10.6 Å². The van der Waals surface area contributed by atoms with E-state index < -0.39 is 53.2 Å². The van der Waals surface area contributed by atoms with E-state index in [4.69, 9.17) is 0 Å². The third-order valence-corrected chi connectivity index (χ3v) is 3.77. The molecule has 2 N–H and O–H groups in total. The lowest BCUT2D eigenvalue weighted by Gasteiger charge is -2.13. The highest BCUT2D eigenvalue weighted by atomic mass is 19.4. The molecule has 12 heteroatoms. The van der Waals surface area contributed by atoms with Crippen LogP contribution in [0.2, 0.25) is 0 Å². The van der Waals surface area contributed by atoms with Crippen LogP contribution in [0.5, 0.6) is 0 Å². The summed E-state index contributed by atoms with van der Waals surface area (Å²) in [4.78, 5) is 45.4. The molecule has 2 rings (SSSR count). The van der Waals surface area contributed by atoms with Gasteiger partial charge in [-0.05, 0) is 18.2 Å². The Morgan fingerprint density at radius 2 is 1.68 bits per heavy atom. The van der Waals surface area contributed by atoms with Gasteiger partial charge in [-0.3, -0.25) is 24.5 Å². The Morgan fingerprint density at radius 3 is 2.35 bits per heavy atom. The van der Waals surface area contributed by atoms with Gasteiger partial charge in [0.05, 0.1) is 22.6 Å². The zero-order chi connectivity index (χ0) is 23.0. The predicted molar refractivity (Wildman–Crippen MR) is 102 cm³/mol. The minimum absolute atomic E-state index is 0.162. The van der Waals surface area contributed by atoms with Crippen molar-refractivity contribution >= 4 is 34.8 Å². The van der Waals surface area contributed by atoms with Crippen LogP contribution in [0.1, 0.15) is 18.4 Å². The molecule has 31 heavy (non-hydrogen) atoms. The Balaban J connectivity index is 1.78. The highest BCUT2D eigenvalue weighted by Gasteiger charge is 2.33. The lowest BCUT2D eigenvalue weighted by atomic mass is 10.1. The molecule has 0 bridgehead atoms. The number of hydrogen-bond donors (Lipinski definition) is 2. The maximum atomic E-state index is 12.9. The maximum Gasteiger partial charge on any atom is 0.418 e. The molecule has 0 radical (unpaired) electrons. The van der Waals surface area contributed by atoms with E-state index >= 15 is 0 Å². The molecule has 0 spiro atoms. The molecule has 0 saturated heterocycles. The molecule has 2 amide bonds. The molecular formula is C19H16F3N3O6. The van der Waals surface area contributed by atoms with E-state index in [9.17, 15) is 37.7 Å². The summed E-state index contributed by atoms with van der Waals surface area (Å²) in [5, 5.41) is 15.1. The molecule has 0 aliphatic carbocycles. The van der Waals surface area contributed by atoms with Crippen molar-refractivity contribution in [3.8, 4) is 0 Å². The van der Waals surface area contributed by atoms with Gasteiger partial charge in [-0.2, -0.15) is 13.2 Å². The zero-order valence-corrected chi connectivity index (χ0v) is 15.8. The minimum Gasteiger partial charge on any atom is -0.456 e. The molecule has 2 aromatic rings. The molecule has 0 saturated carbocycles. The van der Waals surface area contributed by atoms with Crippen molar-refractivity contribution in [2.24, 2.45) is 0 Å². The second-order valence-corrected chi connectivity index (χ2v) is 6.11. The number of nitrogens with one attached hydrogen (secondary N) is 2. The number of hydrogen-bond acceptors (Lipinski definition) is 6. The number of carbonyl (C=O) groups is 3. The summed E-state index contributed by atoms with van der Waals surface area (Å²) in [5.41, 5.74) is -1.59. The Hall–Kier alpha value is -3.96. The van der Waals surface area contributed by atoms with Crippen LogP contribution in [0.25, 0.3) is 0 Å². The predicted octanol–water partition coefficient (Wildman–Crippen LogP) is 3.51. The van der Waals surface area contributed by atoms with E-state index in [1.807, 2.05) is 5.32 Å². The van der Waals surface area contributed by atoms with Gasteiger partial charge in [0.1, 0.15) is 0 Å². The van der Waals surface area contributed by atoms with Gasteiger partial charge in [-0.15, -0.1) is 0 Å². The van der Waals surface area contributed by atoms with Crippen LogP contribution in [0.3, 0.4) is 0 Å². The van der Waals surface area contributed by atoms with E-state index in [1.165, 1.54) is 24.3 Å². The molecule has 0 aromatic heterocycles. The number of carbonyl (C=O) groups excluding carboxylic acids is 3. The fourth-order valence-corrected chi connectivity index (χ4v) is 2.38. The van der Waals surface area contributed by atoms with Crippen molar-refractivity contribution in [3.63, 3.8) is 0 Å². The summed E-state index contributed by atoms with van der Waals surface area (Å²) in [6.07, 6.45) is -5.42. The van der Waals surface area contributed by atoms with Gasteiger partial charge in [-0.25, -0.2) is 0 Å². The summed E-state index contributed by atoms with van der Waals surface area (Å²) in [7, 11) is 0. The first-order valence-corrected chi connectivity index (χ1v) is 8.72. The standard InChI is InChI=1S/C19H16F3N3O6/c20-19(21,22)14-6-1-2-7-15(14)24-17(27)11-31-18(28)9-8-16(26)23-12-4-3-5-13(10-12)25(29)30/h1-7,10H,8-9,11H2,(H,23,26)(H,24,27). The lowest BCUT2D eigenvalue weighted by Crippen LogP contribution is -2.23. The quantitative estimate of drug-likeness (QED) is 0.368. The summed E-state index contributed by atoms with van der Waals surface area (Å²) >= 11 is 0. The number of halogens is 3. The Kier molecular flexibility index (Phi) is 7.66. The summed E-state index contributed by atoms with van der Waals surface area (Å²) in [6, 6.07) is 9.49. The van der Waals surface area contributed by atoms with Crippen LogP contribution in [-0.4, -0.2) is 29.3 Å². The molecule has 0 heterocycles. The highest BCUT2D eigenvalue weighted by Crippen LogP contribution is 2.34. The number of amides is 2. The van der Waals surface area contributed by atoms with E-state index in [0.29, 0.717) is 0 Å². The molecule has 2 aromatic carbocycles. The van der Waals surface area contributed by atoms with Gasteiger partial charge in [0.2, 0.25) is 5.91 Å². The van der Waals surface area contributed by atoms with Crippen molar-refractivity contribution in [3.05, 3.63) is 64.2 Å². The number of non-ortho nitro benzene ring substituents is 1. The van der Waals surface area contributed by atoms with E-state index in [2.05, 4.69) is 10.1 Å². The molecule has 0 aliphatic rings. The van der Waals surface area contributed by atoms with Crippen molar-refractivity contribution < 1.29 is 37.2 Å². The molecular weight excluding hydrogens is 423 g/mol. The number of para-hydroxylation sites is 1. The van der Waals surface area contributed by atoms with Gasteiger partial charge < -0.3 is 15.4 Å².